The van der Waals surface area contributed by atoms with E-state index >= 15 is 0 Å². The van der Waals surface area contributed by atoms with Crippen molar-refractivity contribution >= 4 is 17.7 Å². The number of alkyl halides is 1. The van der Waals surface area contributed by atoms with Gasteiger partial charge in [0.2, 0.25) is 0 Å². The van der Waals surface area contributed by atoms with Crippen molar-refractivity contribution in [1.29, 1.82) is 0 Å². The fourth-order valence-electron chi connectivity index (χ4n) is 1.49. The molecule has 0 bridgehead atoms. The van der Waals surface area contributed by atoms with Gasteiger partial charge in [0.05, 0.1) is 6.67 Å². The van der Waals surface area contributed by atoms with E-state index in [0.29, 0.717) is 6.42 Å². The van der Waals surface area contributed by atoms with Crippen molar-refractivity contribution in [3.8, 4) is 0 Å². The SMILES string of the molecule is CCCC(SCCCCCCCF)C(=O)O. The van der Waals surface area contributed by atoms with Gasteiger partial charge in [0.15, 0.2) is 0 Å². The first-order chi connectivity index (χ1) is 7.72. The lowest BCUT2D eigenvalue weighted by Gasteiger charge is -2.10. The molecule has 1 atom stereocenters. The smallest absolute Gasteiger partial charge is 0.316 e. The summed E-state index contributed by atoms with van der Waals surface area (Å²) in [7, 11) is 0. The van der Waals surface area contributed by atoms with E-state index in [9.17, 15) is 9.18 Å². The third-order valence-electron chi connectivity index (χ3n) is 2.42. The van der Waals surface area contributed by atoms with E-state index in [4.69, 9.17) is 5.11 Å². The van der Waals surface area contributed by atoms with Crippen LogP contribution in [0.1, 0.15) is 51.9 Å². The van der Waals surface area contributed by atoms with Crippen LogP contribution in [0.25, 0.3) is 0 Å². The van der Waals surface area contributed by atoms with Gasteiger partial charge in [-0.05, 0) is 25.0 Å². The predicted molar refractivity (Wildman–Crippen MR) is 67.8 cm³/mol. The molecule has 0 aromatic heterocycles. The summed E-state index contributed by atoms with van der Waals surface area (Å²) >= 11 is 1.54. The number of carboxylic acid groups (broad SMARTS) is 1. The summed E-state index contributed by atoms with van der Waals surface area (Å²) in [6, 6.07) is 0. The van der Waals surface area contributed by atoms with E-state index in [1.165, 1.54) is 0 Å². The quantitative estimate of drug-likeness (QED) is 0.565. The molecule has 0 spiro atoms. The first-order valence-corrected chi connectivity index (χ1v) is 7.17. The molecule has 0 amide bonds. The number of carbonyl (C=O) groups is 1. The topological polar surface area (TPSA) is 37.3 Å². The maximum atomic E-state index is 11.8. The van der Waals surface area contributed by atoms with Crippen molar-refractivity contribution in [2.24, 2.45) is 0 Å². The van der Waals surface area contributed by atoms with Crippen LogP contribution in [0.15, 0.2) is 0 Å². The van der Waals surface area contributed by atoms with Crippen molar-refractivity contribution in [2.75, 3.05) is 12.4 Å². The molecule has 0 heterocycles. The second-order valence-corrected chi connectivity index (χ2v) is 5.25. The molecular weight excluding hydrogens is 227 g/mol. The zero-order chi connectivity index (χ0) is 12.2. The summed E-state index contributed by atoms with van der Waals surface area (Å²) < 4.78 is 11.8. The molecule has 2 nitrogen and oxygen atoms in total. The van der Waals surface area contributed by atoms with Crippen LogP contribution in [0, 0.1) is 0 Å². The Balaban J connectivity index is 3.37. The maximum absolute atomic E-state index is 11.8. The van der Waals surface area contributed by atoms with Gasteiger partial charge < -0.3 is 5.11 Å². The minimum absolute atomic E-state index is 0.216. The molecule has 16 heavy (non-hydrogen) atoms. The molecule has 0 saturated carbocycles. The van der Waals surface area contributed by atoms with E-state index in [2.05, 4.69) is 0 Å². The molecule has 0 fully saturated rings. The van der Waals surface area contributed by atoms with E-state index in [-0.39, 0.29) is 11.9 Å². The second-order valence-electron chi connectivity index (χ2n) is 3.94. The molecule has 0 aromatic carbocycles. The van der Waals surface area contributed by atoms with Gasteiger partial charge in [-0.25, -0.2) is 0 Å². The highest BCUT2D eigenvalue weighted by atomic mass is 32.2. The van der Waals surface area contributed by atoms with Gasteiger partial charge in [-0.15, -0.1) is 11.8 Å². The first kappa shape index (κ1) is 15.8. The van der Waals surface area contributed by atoms with Crippen LogP contribution in [0.4, 0.5) is 4.39 Å². The Hall–Kier alpha value is -0.250. The molecule has 96 valence electrons. The average Bonchev–Trinajstić information content (AvgIpc) is 2.26. The molecular formula is C12H23FO2S. The second kappa shape index (κ2) is 11.2. The summed E-state index contributed by atoms with van der Waals surface area (Å²) in [6.07, 6.45) is 6.49. The molecule has 0 rings (SSSR count). The Morgan fingerprint density at radius 2 is 1.88 bits per heavy atom. The van der Waals surface area contributed by atoms with Crippen LogP contribution in [-0.2, 0) is 4.79 Å². The normalized spacial score (nSPS) is 12.6. The number of rotatable bonds is 11. The van der Waals surface area contributed by atoms with Crippen molar-refractivity contribution in [1.82, 2.24) is 0 Å². The van der Waals surface area contributed by atoms with Crippen LogP contribution in [0.2, 0.25) is 0 Å². The van der Waals surface area contributed by atoms with Gasteiger partial charge in [0.25, 0.3) is 0 Å². The van der Waals surface area contributed by atoms with Crippen molar-refractivity contribution in [3.63, 3.8) is 0 Å². The van der Waals surface area contributed by atoms with E-state index in [1.807, 2.05) is 6.92 Å². The fourth-order valence-corrected chi connectivity index (χ4v) is 2.69. The molecule has 0 radical (unpaired) electrons. The van der Waals surface area contributed by atoms with Crippen LogP contribution >= 0.6 is 11.8 Å². The predicted octanol–water partition coefficient (Wildman–Crippen LogP) is 3.89. The van der Waals surface area contributed by atoms with Gasteiger partial charge in [0.1, 0.15) is 5.25 Å². The molecule has 0 aliphatic rings. The Morgan fingerprint density at radius 3 is 2.44 bits per heavy atom. The summed E-state index contributed by atoms with van der Waals surface area (Å²) in [5, 5.41) is 8.67. The number of hydrogen-bond donors (Lipinski definition) is 1. The summed E-state index contributed by atoms with van der Waals surface area (Å²) in [6.45, 7) is 1.79. The van der Waals surface area contributed by atoms with Crippen molar-refractivity contribution < 1.29 is 14.3 Å². The number of carboxylic acids is 1. The number of hydrogen-bond acceptors (Lipinski definition) is 2. The zero-order valence-corrected chi connectivity index (χ0v) is 10.9. The maximum Gasteiger partial charge on any atom is 0.316 e. The number of thioether (sulfide) groups is 1. The molecule has 1 N–H and O–H groups in total. The Bertz CT molecular complexity index is 176. The minimum atomic E-state index is -0.690. The lowest BCUT2D eigenvalue weighted by molar-refractivity contribution is -0.136. The van der Waals surface area contributed by atoms with E-state index in [1.54, 1.807) is 11.8 Å². The monoisotopic (exact) mass is 250 g/mol. The van der Waals surface area contributed by atoms with E-state index in [0.717, 1.165) is 44.3 Å². The number of aliphatic carboxylic acids is 1. The van der Waals surface area contributed by atoms with Gasteiger partial charge >= 0.3 is 5.97 Å². The molecule has 1 unspecified atom stereocenters. The highest BCUT2D eigenvalue weighted by Crippen LogP contribution is 2.19. The summed E-state index contributed by atoms with van der Waals surface area (Å²) in [5.74, 6) is 0.219. The third kappa shape index (κ3) is 9.01. The van der Waals surface area contributed by atoms with Gasteiger partial charge in [-0.3, -0.25) is 9.18 Å². The van der Waals surface area contributed by atoms with Crippen molar-refractivity contribution in [3.05, 3.63) is 0 Å². The van der Waals surface area contributed by atoms with Gasteiger partial charge in [-0.1, -0.05) is 32.6 Å². The number of halogens is 1. The summed E-state index contributed by atoms with van der Waals surface area (Å²) in [4.78, 5) is 10.8. The van der Waals surface area contributed by atoms with E-state index < -0.39 is 5.97 Å². The Labute approximate surface area is 102 Å². The molecule has 0 aliphatic heterocycles. The van der Waals surface area contributed by atoms with Crippen LogP contribution in [0.3, 0.4) is 0 Å². The minimum Gasteiger partial charge on any atom is -0.480 e. The Morgan fingerprint density at radius 1 is 1.25 bits per heavy atom. The standard InChI is InChI=1S/C12H23FO2S/c1-2-8-11(12(14)15)16-10-7-5-3-4-6-9-13/h11H,2-10H2,1H3,(H,14,15). The summed E-state index contributed by atoms with van der Waals surface area (Å²) in [5.41, 5.74) is 0. The molecule has 4 heteroatoms. The van der Waals surface area contributed by atoms with Gasteiger partial charge in [0, 0.05) is 0 Å². The highest BCUT2D eigenvalue weighted by molar-refractivity contribution is 8.00. The van der Waals surface area contributed by atoms with Crippen LogP contribution in [-0.4, -0.2) is 28.8 Å². The lowest BCUT2D eigenvalue weighted by Crippen LogP contribution is -2.16. The average molecular weight is 250 g/mol. The fraction of sp³-hybridized carbons (Fsp3) is 0.917. The largest absolute Gasteiger partial charge is 0.480 e. The highest BCUT2D eigenvalue weighted by Gasteiger charge is 2.15. The van der Waals surface area contributed by atoms with Gasteiger partial charge in [-0.2, -0.15) is 0 Å². The third-order valence-corrected chi connectivity index (χ3v) is 3.79. The van der Waals surface area contributed by atoms with Crippen LogP contribution < -0.4 is 0 Å². The lowest BCUT2D eigenvalue weighted by atomic mass is 10.2. The zero-order valence-electron chi connectivity index (χ0n) is 10.1. The van der Waals surface area contributed by atoms with Crippen LogP contribution in [0.5, 0.6) is 0 Å². The van der Waals surface area contributed by atoms with Crippen molar-refractivity contribution in [2.45, 2.75) is 57.1 Å². The first-order valence-electron chi connectivity index (χ1n) is 6.12. The number of unbranched alkanes of at least 4 members (excludes halogenated alkanes) is 4. The molecule has 0 saturated heterocycles. The Kier molecular flexibility index (Phi) is 11.1. The molecule has 0 aliphatic carbocycles. The molecule has 0 aromatic rings.